The summed E-state index contributed by atoms with van der Waals surface area (Å²) in [6, 6.07) is 3.27. The standard InChI is InChI=1S/C15H20FNO3/c1-10-6-7-11(16)8-12(10)13(9-18)17(5)14(19)20-15(2,3)4/h6-9,13H,1-5H3. The smallest absolute Gasteiger partial charge is 0.410 e. The van der Waals surface area contributed by atoms with Gasteiger partial charge in [0, 0.05) is 7.05 Å². The zero-order valence-electron chi connectivity index (χ0n) is 12.4. The van der Waals surface area contributed by atoms with Crippen LogP contribution in [-0.2, 0) is 9.53 Å². The van der Waals surface area contributed by atoms with Crippen molar-refractivity contribution >= 4 is 12.4 Å². The van der Waals surface area contributed by atoms with E-state index in [2.05, 4.69) is 0 Å². The molecule has 5 heteroatoms. The molecule has 0 heterocycles. The van der Waals surface area contributed by atoms with Gasteiger partial charge in [0.25, 0.3) is 0 Å². The van der Waals surface area contributed by atoms with Crippen LogP contribution < -0.4 is 0 Å². The zero-order valence-corrected chi connectivity index (χ0v) is 12.4. The van der Waals surface area contributed by atoms with Crippen LogP contribution in [0.15, 0.2) is 18.2 Å². The summed E-state index contributed by atoms with van der Waals surface area (Å²) in [7, 11) is 1.46. The van der Waals surface area contributed by atoms with Crippen LogP contribution in [0.2, 0.25) is 0 Å². The van der Waals surface area contributed by atoms with Gasteiger partial charge in [-0.3, -0.25) is 4.90 Å². The van der Waals surface area contributed by atoms with E-state index in [0.717, 1.165) is 5.56 Å². The normalized spacial score (nSPS) is 12.7. The minimum Gasteiger partial charge on any atom is -0.444 e. The van der Waals surface area contributed by atoms with Crippen LogP contribution in [0.25, 0.3) is 0 Å². The van der Waals surface area contributed by atoms with Crippen LogP contribution in [0.3, 0.4) is 0 Å². The Morgan fingerprint density at radius 3 is 2.50 bits per heavy atom. The number of benzene rings is 1. The first-order valence-electron chi connectivity index (χ1n) is 6.33. The highest BCUT2D eigenvalue weighted by Crippen LogP contribution is 2.23. The number of carbonyl (C=O) groups excluding carboxylic acids is 2. The second kappa shape index (κ2) is 6.03. The summed E-state index contributed by atoms with van der Waals surface area (Å²) in [6.45, 7) is 6.97. The number of aldehydes is 1. The molecule has 0 aliphatic rings. The quantitative estimate of drug-likeness (QED) is 0.799. The maximum absolute atomic E-state index is 13.3. The van der Waals surface area contributed by atoms with Crippen molar-refractivity contribution in [3.05, 3.63) is 35.1 Å². The Labute approximate surface area is 118 Å². The molecule has 0 saturated heterocycles. The van der Waals surface area contributed by atoms with Crippen molar-refractivity contribution in [2.24, 2.45) is 0 Å². The van der Waals surface area contributed by atoms with Gasteiger partial charge in [0.05, 0.1) is 0 Å². The van der Waals surface area contributed by atoms with Gasteiger partial charge in [0.1, 0.15) is 23.7 Å². The lowest BCUT2D eigenvalue weighted by Gasteiger charge is -2.28. The number of ether oxygens (including phenoxy) is 1. The molecule has 1 rings (SSSR count). The number of hydrogen-bond acceptors (Lipinski definition) is 3. The molecule has 0 saturated carbocycles. The predicted molar refractivity (Wildman–Crippen MR) is 73.9 cm³/mol. The van der Waals surface area contributed by atoms with Crippen molar-refractivity contribution in [1.82, 2.24) is 4.90 Å². The molecule has 0 spiro atoms. The molecule has 20 heavy (non-hydrogen) atoms. The molecule has 0 aliphatic carbocycles. The molecule has 0 aliphatic heterocycles. The number of aryl methyl sites for hydroxylation is 1. The summed E-state index contributed by atoms with van der Waals surface area (Å²) in [5, 5.41) is 0. The first kappa shape index (κ1) is 16.1. The van der Waals surface area contributed by atoms with Gasteiger partial charge in [0.2, 0.25) is 0 Å². The number of halogens is 1. The Bertz CT molecular complexity index is 508. The molecule has 0 N–H and O–H groups in total. The third kappa shape index (κ3) is 4.05. The van der Waals surface area contributed by atoms with E-state index in [4.69, 9.17) is 4.74 Å². The Hall–Kier alpha value is -1.91. The van der Waals surface area contributed by atoms with Gasteiger partial charge in [-0.1, -0.05) is 6.07 Å². The number of hydrogen-bond donors (Lipinski definition) is 0. The van der Waals surface area contributed by atoms with E-state index in [1.54, 1.807) is 33.8 Å². The second-order valence-corrected chi connectivity index (χ2v) is 5.67. The molecule has 0 radical (unpaired) electrons. The summed E-state index contributed by atoms with van der Waals surface area (Å²) in [6.07, 6.45) is -0.0237. The molecule has 0 fully saturated rings. The van der Waals surface area contributed by atoms with Gasteiger partial charge >= 0.3 is 6.09 Å². The summed E-state index contributed by atoms with van der Waals surface area (Å²) >= 11 is 0. The van der Waals surface area contributed by atoms with Gasteiger partial charge in [-0.25, -0.2) is 9.18 Å². The molecule has 1 amide bonds. The molecule has 4 nitrogen and oxygen atoms in total. The van der Waals surface area contributed by atoms with Gasteiger partial charge in [-0.05, 0) is 51.0 Å². The van der Waals surface area contributed by atoms with E-state index < -0.39 is 23.6 Å². The Morgan fingerprint density at radius 2 is 2.00 bits per heavy atom. The summed E-state index contributed by atoms with van der Waals surface area (Å²) < 4.78 is 18.5. The van der Waals surface area contributed by atoms with Gasteiger partial charge in [-0.15, -0.1) is 0 Å². The lowest BCUT2D eigenvalue weighted by atomic mass is 10.0. The molecule has 1 aromatic carbocycles. The molecular weight excluding hydrogens is 261 g/mol. The number of rotatable bonds is 3. The van der Waals surface area contributed by atoms with Crippen molar-refractivity contribution in [1.29, 1.82) is 0 Å². The first-order chi connectivity index (χ1) is 9.15. The molecule has 1 unspecified atom stereocenters. The fraction of sp³-hybridized carbons (Fsp3) is 0.467. The van der Waals surface area contributed by atoms with Crippen molar-refractivity contribution in [2.45, 2.75) is 39.3 Å². The van der Waals surface area contributed by atoms with Crippen LogP contribution in [0.1, 0.15) is 37.9 Å². The van der Waals surface area contributed by atoms with Crippen molar-refractivity contribution < 1.29 is 18.7 Å². The van der Waals surface area contributed by atoms with Gasteiger partial charge in [0.15, 0.2) is 0 Å². The van der Waals surface area contributed by atoms with Gasteiger partial charge in [-0.2, -0.15) is 0 Å². The highest BCUT2D eigenvalue weighted by Gasteiger charge is 2.27. The van der Waals surface area contributed by atoms with Crippen LogP contribution in [0, 0.1) is 12.7 Å². The van der Waals surface area contributed by atoms with Crippen molar-refractivity contribution in [2.75, 3.05) is 7.05 Å². The maximum atomic E-state index is 13.3. The average Bonchev–Trinajstić information content (AvgIpc) is 2.32. The molecule has 0 bridgehead atoms. The minimum absolute atomic E-state index is 0.449. The number of nitrogens with zero attached hydrogens (tertiary/aromatic N) is 1. The Balaban J connectivity index is 3.04. The van der Waals surface area contributed by atoms with Crippen molar-refractivity contribution in [3.63, 3.8) is 0 Å². The lowest BCUT2D eigenvalue weighted by Crippen LogP contribution is -2.37. The topological polar surface area (TPSA) is 46.6 Å². The summed E-state index contributed by atoms with van der Waals surface area (Å²) in [5.41, 5.74) is 0.530. The number of likely N-dealkylation sites (N-methyl/N-ethyl adjacent to an activating group) is 1. The molecular formula is C15H20FNO3. The number of carbonyl (C=O) groups is 2. The van der Waals surface area contributed by atoms with E-state index >= 15 is 0 Å². The van der Waals surface area contributed by atoms with Crippen LogP contribution in [0.4, 0.5) is 9.18 Å². The van der Waals surface area contributed by atoms with Crippen LogP contribution >= 0.6 is 0 Å². The average molecular weight is 281 g/mol. The largest absolute Gasteiger partial charge is 0.444 e. The summed E-state index contributed by atoms with van der Waals surface area (Å²) in [4.78, 5) is 24.5. The van der Waals surface area contributed by atoms with Gasteiger partial charge < -0.3 is 9.53 Å². The van der Waals surface area contributed by atoms with E-state index in [-0.39, 0.29) is 0 Å². The Morgan fingerprint density at radius 1 is 1.40 bits per heavy atom. The fourth-order valence-corrected chi connectivity index (χ4v) is 1.75. The number of amides is 1. The van der Waals surface area contributed by atoms with Crippen LogP contribution in [-0.4, -0.2) is 29.9 Å². The Kier molecular flexibility index (Phi) is 4.87. The minimum atomic E-state index is -0.874. The van der Waals surface area contributed by atoms with Crippen LogP contribution in [0.5, 0.6) is 0 Å². The third-order valence-electron chi connectivity index (χ3n) is 2.79. The molecule has 1 aromatic rings. The lowest BCUT2D eigenvalue weighted by molar-refractivity contribution is -0.112. The summed E-state index contributed by atoms with van der Waals surface area (Å²) in [5.74, 6) is -0.449. The highest BCUT2D eigenvalue weighted by atomic mass is 19.1. The SMILES string of the molecule is Cc1ccc(F)cc1C(C=O)N(C)C(=O)OC(C)(C)C. The third-order valence-corrected chi connectivity index (χ3v) is 2.79. The highest BCUT2D eigenvalue weighted by molar-refractivity contribution is 5.75. The van der Waals surface area contributed by atoms with E-state index in [0.29, 0.717) is 11.8 Å². The van der Waals surface area contributed by atoms with Crippen molar-refractivity contribution in [3.8, 4) is 0 Å². The first-order valence-corrected chi connectivity index (χ1v) is 6.33. The predicted octanol–water partition coefficient (Wildman–Crippen LogP) is 3.24. The zero-order chi connectivity index (χ0) is 15.5. The molecule has 0 aromatic heterocycles. The van der Waals surface area contributed by atoms with E-state index in [1.807, 2.05) is 0 Å². The van der Waals surface area contributed by atoms with E-state index in [1.165, 1.54) is 24.1 Å². The molecule has 110 valence electrons. The molecule has 1 atom stereocenters. The monoisotopic (exact) mass is 281 g/mol. The fourth-order valence-electron chi connectivity index (χ4n) is 1.75. The maximum Gasteiger partial charge on any atom is 0.410 e. The second-order valence-electron chi connectivity index (χ2n) is 5.67. The van der Waals surface area contributed by atoms with E-state index in [9.17, 15) is 14.0 Å².